The highest BCUT2D eigenvalue weighted by atomic mass is 79.9. The molecule has 0 radical (unpaired) electrons. The predicted molar refractivity (Wildman–Crippen MR) is 77.4 cm³/mol. The van der Waals surface area contributed by atoms with Gasteiger partial charge in [-0.25, -0.2) is 17.2 Å². The van der Waals surface area contributed by atoms with Gasteiger partial charge in [-0.3, -0.25) is 4.72 Å². The molecule has 0 unspecified atom stereocenters. The third-order valence-corrected chi connectivity index (χ3v) is 4.53. The molecule has 0 aliphatic heterocycles. The summed E-state index contributed by atoms with van der Waals surface area (Å²) in [6.07, 6.45) is 0. The zero-order valence-corrected chi connectivity index (χ0v) is 12.7. The third-order valence-electron chi connectivity index (χ3n) is 2.55. The van der Waals surface area contributed by atoms with Crippen LogP contribution in [0, 0.1) is 11.6 Å². The van der Waals surface area contributed by atoms with E-state index in [4.69, 9.17) is 5.73 Å². The molecule has 0 saturated heterocycles. The number of nitrogen functional groups attached to an aromatic ring is 1. The standard InChI is InChI=1S/C12H9BrF2N2O3S/c13-8-3-6(14)4-9(15)12(8)17-21(19,20)7-1-2-11(18)10(16)5-7/h1-5,17-18H,16H2. The average molecular weight is 379 g/mol. The minimum absolute atomic E-state index is 0.0877. The first-order chi connectivity index (χ1) is 9.70. The van der Waals surface area contributed by atoms with E-state index in [-0.39, 0.29) is 20.8 Å². The maximum Gasteiger partial charge on any atom is 0.262 e. The summed E-state index contributed by atoms with van der Waals surface area (Å²) in [5.74, 6) is -2.20. The van der Waals surface area contributed by atoms with Gasteiger partial charge in [-0.05, 0) is 40.2 Å². The van der Waals surface area contributed by atoms with E-state index in [1.165, 1.54) is 0 Å². The van der Waals surface area contributed by atoms with Crippen LogP contribution in [0.2, 0.25) is 0 Å². The number of benzene rings is 2. The molecule has 0 saturated carbocycles. The molecule has 5 nitrogen and oxygen atoms in total. The molecule has 0 fully saturated rings. The van der Waals surface area contributed by atoms with Crippen LogP contribution >= 0.6 is 15.9 Å². The Hall–Kier alpha value is -1.87. The molecular formula is C12H9BrF2N2O3S. The lowest BCUT2D eigenvalue weighted by atomic mass is 10.3. The van der Waals surface area contributed by atoms with Crippen LogP contribution < -0.4 is 10.5 Å². The number of phenols is 1. The Bertz CT molecular complexity index is 789. The van der Waals surface area contributed by atoms with Crippen LogP contribution in [-0.2, 0) is 10.0 Å². The van der Waals surface area contributed by atoms with E-state index < -0.39 is 27.3 Å². The van der Waals surface area contributed by atoms with Crippen LogP contribution in [0.4, 0.5) is 20.2 Å². The monoisotopic (exact) mass is 378 g/mol. The van der Waals surface area contributed by atoms with Crippen molar-refractivity contribution in [3.63, 3.8) is 0 Å². The SMILES string of the molecule is Nc1cc(S(=O)(=O)Nc2c(F)cc(F)cc2Br)ccc1O. The Kier molecular flexibility index (Phi) is 4.06. The summed E-state index contributed by atoms with van der Waals surface area (Å²) in [6.45, 7) is 0. The fraction of sp³-hybridized carbons (Fsp3) is 0. The van der Waals surface area contributed by atoms with Crippen LogP contribution in [0.1, 0.15) is 0 Å². The quantitative estimate of drug-likeness (QED) is 0.565. The van der Waals surface area contributed by atoms with Gasteiger partial charge >= 0.3 is 0 Å². The van der Waals surface area contributed by atoms with Crippen molar-refractivity contribution < 1.29 is 22.3 Å². The number of hydrogen-bond donors (Lipinski definition) is 3. The first kappa shape index (κ1) is 15.5. The summed E-state index contributed by atoms with van der Waals surface area (Å²) in [6, 6.07) is 4.69. The number of nitrogens with two attached hydrogens (primary N) is 1. The molecule has 4 N–H and O–H groups in total. The van der Waals surface area contributed by atoms with Crippen molar-refractivity contribution in [1.29, 1.82) is 0 Å². The van der Waals surface area contributed by atoms with Crippen molar-refractivity contribution in [2.24, 2.45) is 0 Å². The highest BCUT2D eigenvalue weighted by Gasteiger charge is 2.20. The van der Waals surface area contributed by atoms with E-state index in [9.17, 15) is 22.3 Å². The smallest absolute Gasteiger partial charge is 0.262 e. The number of rotatable bonds is 3. The predicted octanol–water partition coefficient (Wildman–Crippen LogP) is 2.82. The Balaban J connectivity index is 2.44. The lowest BCUT2D eigenvalue weighted by Crippen LogP contribution is -2.15. The molecule has 0 amide bonds. The Morgan fingerprint density at radius 3 is 2.43 bits per heavy atom. The second-order valence-corrected chi connectivity index (χ2v) is 6.61. The number of aromatic hydroxyl groups is 1. The van der Waals surface area contributed by atoms with Crippen molar-refractivity contribution >= 4 is 37.3 Å². The van der Waals surface area contributed by atoms with Crippen molar-refractivity contribution in [2.45, 2.75) is 4.90 Å². The van der Waals surface area contributed by atoms with Crippen molar-refractivity contribution in [3.05, 3.63) is 46.4 Å². The number of nitrogens with one attached hydrogen (secondary N) is 1. The largest absolute Gasteiger partial charge is 0.506 e. The van der Waals surface area contributed by atoms with Gasteiger partial charge in [0.25, 0.3) is 10.0 Å². The molecule has 0 bridgehead atoms. The lowest BCUT2D eigenvalue weighted by Gasteiger charge is -2.11. The highest BCUT2D eigenvalue weighted by molar-refractivity contribution is 9.10. The van der Waals surface area contributed by atoms with Gasteiger partial charge < -0.3 is 10.8 Å². The van der Waals surface area contributed by atoms with Gasteiger partial charge in [-0.1, -0.05) is 0 Å². The van der Waals surface area contributed by atoms with Crippen LogP contribution in [0.5, 0.6) is 5.75 Å². The van der Waals surface area contributed by atoms with Crippen LogP contribution in [0.25, 0.3) is 0 Å². The molecule has 0 aliphatic carbocycles. The number of halogens is 3. The molecule has 2 aromatic rings. The fourth-order valence-electron chi connectivity index (χ4n) is 1.53. The minimum atomic E-state index is -4.14. The summed E-state index contributed by atoms with van der Waals surface area (Å²) < 4.78 is 52.8. The Labute approximate surface area is 127 Å². The second-order valence-electron chi connectivity index (χ2n) is 4.07. The number of anilines is 2. The van der Waals surface area contributed by atoms with Gasteiger partial charge in [0.15, 0.2) is 5.82 Å². The molecule has 0 aliphatic rings. The zero-order valence-electron chi connectivity index (χ0n) is 10.3. The molecule has 0 heterocycles. The molecule has 0 atom stereocenters. The van der Waals surface area contributed by atoms with E-state index in [1.54, 1.807) is 0 Å². The lowest BCUT2D eigenvalue weighted by molar-refractivity contribution is 0.477. The van der Waals surface area contributed by atoms with Gasteiger partial charge in [0.05, 0.1) is 16.3 Å². The van der Waals surface area contributed by atoms with Crippen LogP contribution in [0.15, 0.2) is 39.7 Å². The van der Waals surface area contributed by atoms with Gasteiger partial charge in [-0.15, -0.1) is 0 Å². The topological polar surface area (TPSA) is 92.4 Å². The molecule has 2 rings (SSSR count). The van der Waals surface area contributed by atoms with Crippen molar-refractivity contribution in [1.82, 2.24) is 0 Å². The molecule has 2 aromatic carbocycles. The molecule has 0 spiro atoms. The Morgan fingerprint density at radius 2 is 1.86 bits per heavy atom. The first-order valence-corrected chi connectivity index (χ1v) is 7.74. The third kappa shape index (κ3) is 3.24. The molecule has 112 valence electrons. The van der Waals surface area contributed by atoms with Gasteiger partial charge in [0.1, 0.15) is 11.6 Å². The zero-order chi connectivity index (χ0) is 15.8. The summed E-state index contributed by atoms with van der Waals surface area (Å²) >= 11 is 2.88. The van der Waals surface area contributed by atoms with Crippen LogP contribution in [0.3, 0.4) is 0 Å². The summed E-state index contributed by atoms with van der Waals surface area (Å²) in [7, 11) is -4.14. The maximum atomic E-state index is 13.6. The fourth-order valence-corrected chi connectivity index (χ4v) is 3.29. The number of sulfonamides is 1. The summed E-state index contributed by atoms with van der Waals surface area (Å²) in [5, 5.41) is 9.27. The highest BCUT2D eigenvalue weighted by Crippen LogP contribution is 2.30. The summed E-state index contributed by atoms with van der Waals surface area (Å²) in [5.41, 5.74) is 4.85. The number of hydrogen-bond acceptors (Lipinski definition) is 4. The van der Waals surface area contributed by atoms with E-state index >= 15 is 0 Å². The Morgan fingerprint density at radius 1 is 1.19 bits per heavy atom. The summed E-state index contributed by atoms with van der Waals surface area (Å²) in [4.78, 5) is -0.270. The minimum Gasteiger partial charge on any atom is -0.506 e. The van der Waals surface area contributed by atoms with Gasteiger partial charge in [0, 0.05) is 10.5 Å². The first-order valence-electron chi connectivity index (χ1n) is 5.46. The number of phenolic OH excluding ortho intramolecular Hbond substituents is 1. The normalized spacial score (nSPS) is 11.4. The van der Waals surface area contributed by atoms with E-state index in [2.05, 4.69) is 15.9 Å². The molecule has 9 heteroatoms. The van der Waals surface area contributed by atoms with Crippen molar-refractivity contribution in [2.75, 3.05) is 10.5 Å². The molecule has 0 aromatic heterocycles. The maximum absolute atomic E-state index is 13.6. The van der Waals surface area contributed by atoms with E-state index in [0.717, 1.165) is 24.3 Å². The van der Waals surface area contributed by atoms with Gasteiger partial charge in [-0.2, -0.15) is 0 Å². The van der Waals surface area contributed by atoms with E-state index in [0.29, 0.717) is 6.07 Å². The van der Waals surface area contributed by atoms with Crippen LogP contribution in [-0.4, -0.2) is 13.5 Å². The van der Waals surface area contributed by atoms with Crippen molar-refractivity contribution in [3.8, 4) is 5.75 Å². The average Bonchev–Trinajstić information content (AvgIpc) is 2.37. The van der Waals surface area contributed by atoms with E-state index in [1.807, 2.05) is 4.72 Å². The second kappa shape index (κ2) is 5.49. The molecule has 21 heavy (non-hydrogen) atoms. The van der Waals surface area contributed by atoms with Gasteiger partial charge in [0.2, 0.25) is 0 Å². The molecular weight excluding hydrogens is 370 g/mol.